The van der Waals surface area contributed by atoms with Gasteiger partial charge in [-0.1, -0.05) is 25.1 Å². The Morgan fingerprint density at radius 3 is 2.76 bits per heavy atom. The summed E-state index contributed by atoms with van der Waals surface area (Å²) >= 11 is 0. The summed E-state index contributed by atoms with van der Waals surface area (Å²) in [5, 5.41) is 7.69. The SMILES string of the molecule is CCc1cccc(C)c1NCc1ccnn1C. The van der Waals surface area contributed by atoms with Crippen LogP contribution in [-0.4, -0.2) is 9.78 Å². The van der Waals surface area contributed by atoms with Gasteiger partial charge in [0.25, 0.3) is 0 Å². The van der Waals surface area contributed by atoms with E-state index in [0.717, 1.165) is 13.0 Å². The third-order valence-electron chi connectivity index (χ3n) is 3.11. The zero-order valence-corrected chi connectivity index (χ0v) is 10.7. The van der Waals surface area contributed by atoms with E-state index in [1.165, 1.54) is 22.5 Å². The van der Waals surface area contributed by atoms with Gasteiger partial charge in [-0.3, -0.25) is 4.68 Å². The smallest absolute Gasteiger partial charge is 0.0571 e. The van der Waals surface area contributed by atoms with E-state index in [1.807, 2.05) is 24.0 Å². The Bertz CT molecular complexity index is 500. The topological polar surface area (TPSA) is 29.9 Å². The molecule has 1 N–H and O–H groups in total. The minimum Gasteiger partial charge on any atom is -0.379 e. The largest absolute Gasteiger partial charge is 0.379 e. The van der Waals surface area contributed by atoms with Crippen molar-refractivity contribution in [3.8, 4) is 0 Å². The minimum atomic E-state index is 0.814. The third-order valence-corrected chi connectivity index (χ3v) is 3.11. The molecule has 0 fully saturated rings. The Morgan fingerprint density at radius 2 is 2.12 bits per heavy atom. The highest BCUT2D eigenvalue weighted by atomic mass is 15.3. The van der Waals surface area contributed by atoms with Gasteiger partial charge in [0.1, 0.15) is 0 Å². The summed E-state index contributed by atoms with van der Waals surface area (Å²) in [6, 6.07) is 8.48. The van der Waals surface area contributed by atoms with Crippen molar-refractivity contribution < 1.29 is 0 Å². The van der Waals surface area contributed by atoms with Crippen molar-refractivity contribution in [3.63, 3.8) is 0 Å². The fraction of sp³-hybridized carbons (Fsp3) is 0.357. The van der Waals surface area contributed by atoms with Crippen molar-refractivity contribution in [2.45, 2.75) is 26.8 Å². The summed E-state index contributed by atoms with van der Waals surface area (Å²) < 4.78 is 1.90. The first-order valence-corrected chi connectivity index (χ1v) is 6.01. The summed E-state index contributed by atoms with van der Waals surface area (Å²) in [7, 11) is 1.97. The van der Waals surface area contributed by atoms with Crippen LogP contribution in [-0.2, 0) is 20.0 Å². The van der Waals surface area contributed by atoms with Crippen molar-refractivity contribution in [2.24, 2.45) is 7.05 Å². The van der Waals surface area contributed by atoms with Crippen LogP contribution in [0, 0.1) is 6.92 Å². The van der Waals surface area contributed by atoms with E-state index in [-0.39, 0.29) is 0 Å². The molecule has 2 aromatic rings. The summed E-state index contributed by atoms with van der Waals surface area (Å²) in [6.45, 7) is 5.14. The Morgan fingerprint density at radius 1 is 1.29 bits per heavy atom. The van der Waals surface area contributed by atoms with E-state index < -0.39 is 0 Å². The predicted molar refractivity (Wildman–Crippen MR) is 71.1 cm³/mol. The minimum absolute atomic E-state index is 0.814. The van der Waals surface area contributed by atoms with E-state index in [1.54, 1.807) is 0 Å². The molecule has 90 valence electrons. The van der Waals surface area contributed by atoms with Crippen LogP contribution in [0.2, 0.25) is 0 Å². The molecule has 0 spiro atoms. The van der Waals surface area contributed by atoms with Crippen LogP contribution in [0.25, 0.3) is 0 Å². The first-order valence-electron chi connectivity index (χ1n) is 6.01. The standard InChI is InChI=1S/C14H19N3/c1-4-12-7-5-6-11(2)14(12)15-10-13-8-9-16-17(13)3/h5-9,15H,4,10H2,1-3H3. The number of anilines is 1. The fourth-order valence-electron chi connectivity index (χ4n) is 2.03. The molecule has 0 saturated carbocycles. The van der Waals surface area contributed by atoms with E-state index in [9.17, 15) is 0 Å². The van der Waals surface area contributed by atoms with Gasteiger partial charge in [-0.2, -0.15) is 5.10 Å². The lowest BCUT2D eigenvalue weighted by atomic mass is 10.1. The lowest BCUT2D eigenvalue weighted by Crippen LogP contribution is -2.07. The molecule has 3 heteroatoms. The van der Waals surface area contributed by atoms with Gasteiger partial charge < -0.3 is 5.32 Å². The van der Waals surface area contributed by atoms with Gasteiger partial charge >= 0.3 is 0 Å². The molecule has 3 nitrogen and oxygen atoms in total. The molecular weight excluding hydrogens is 210 g/mol. The number of hydrogen-bond acceptors (Lipinski definition) is 2. The second-order valence-electron chi connectivity index (χ2n) is 4.26. The van der Waals surface area contributed by atoms with Gasteiger partial charge in [0.15, 0.2) is 0 Å². The second-order valence-corrected chi connectivity index (χ2v) is 4.26. The first kappa shape index (κ1) is 11.7. The van der Waals surface area contributed by atoms with E-state index in [0.29, 0.717) is 0 Å². The number of aromatic nitrogens is 2. The molecule has 0 radical (unpaired) electrons. The van der Waals surface area contributed by atoms with Crippen molar-refractivity contribution >= 4 is 5.69 Å². The van der Waals surface area contributed by atoms with E-state index >= 15 is 0 Å². The highest BCUT2D eigenvalue weighted by molar-refractivity contribution is 5.57. The molecule has 1 aromatic carbocycles. The molecule has 0 aliphatic heterocycles. The highest BCUT2D eigenvalue weighted by Crippen LogP contribution is 2.21. The lowest BCUT2D eigenvalue weighted by Gasteiger charge is -2.14. The molecule has 0 unspecified atom stereocenters. The Kier molecular flexibility index (Phi) is 3.47. The number of benzene rings is 1. The van der Waals surface area contributed by atoms with Crippen LogP contribution in [0.4, 0.5) is 5.69 Å². The number of hydrogen-bond donors (Lipinski definition) is 1. The zero-order chi connectivity index (χ0) is 12.3. The maximum atomic E-state index is 4.17. The van der Waals surface area contributed by atoms with Gasteiger partial charge in [0, 0.05) is 18.9 Å². The monoisotopic (exact) mass is 229 g/mol. The molecule has 0 amide bonds. The van der Waals surface area contributed by atoms with E-state index in [2.05, 4.69) is 42.5 Å². The summed E-state index contributed by atoms with van der Waals surface area (Å²) in [5.41, 5.74) is 5.12. The fourth-order valence-corrected chi connectivity index (χ4v) is 2.03. The van der Waals surface area contributed by atoms with Gasteiger partial charge in [0.05, 0.1) is 12.2 Å². The number of nitrogens with zero attached hydrogens (tertiary/aromatic N) is 2. The first-order chi connectivity index (χ1) is 8.22. The number of nitrogens with one attached hydrogen (secondary N) is 1. The van der Waals surface area contributed by atoms with Crippen molar-refractivity contribution in [1.82, 2.24) is 9.78 Å². The average Bonchev–Trinajstić information content (AvgIpc) is 2.73. The molecule has 0 aliphatic rings. The molecule has 17 heavy (non-hydrogen) atoms. The summed E-state index contributed by atoms with van der Waals surface area (Å²) in [6.07, 6.45) is 2.88. The van der Waals surface area contributed by atoms with Crippen LogP contribution in [0.15, 0.2) is 30.5 Å². The molecule has 1 heterocycles. The Hall–Kier alpha value is -1.77. The molecule has 1 aromatic heterocycles. The zero-order valence-electron chi connectivity index (χ0n) is 10.7. The molecule has 0 bridgehead atoms. The molecule has 0 saturated heterocycles. The average molecular weight is 229 g/mol. The van der Waals surface area contributed by atoms with Gasteiger partial charge in [0.2, 0.25) is 0 Å². The van der Waals surface area contributed by atoms with Crippen molar-refractivity contribution in [2.75, 3.05) is 5.32 Å². The number of rotatable bonds is 4. The highest BCUT2D eigenvalue weighted by Gasteiger charge is 2.04. The third kappa shape index (κ3) is 2.49. The Labute approximate surface area is 102 Å². The quantitative estimate of drug-likeness (QED) is 0.873. The molecular formula is C14H19N3. The maximum absolute atomic E-state index is 4.17. The van der Waals surface area contributed by atoms with Crippen LogP contribution in [0.5, 0.6) is 0 Å². The van der Waals surface area contributed by atoms with Crippen LogP contribution in [0.1, 0.15) is 23.7 Å². The summed E-state index contributed by atoms with van der Waals surface area (Å²) in [4.78, 5) is 0. The van der Waals surface area contributed by atoms with Crippen molar-refractivity contribution in [3.05, 3.63) is 47.3 Å². The number of aryl methyl sites for hydroxylation is 3. The van der Waals surface area contributed by atoms with E-state index in [4.69, 9.17) is 0 Å². The van der Waals surface area contributed by atoms with Crippen molar-refractivity contribution in [1.29, 1.82) is 0 Å². The normalized spacial score (nSPS) is 10.5. The van der Waals surface area contributed by atoms with Gasteiger partial charge in [-0.25, -0.2) is 0 Å². The lowest BCUT2D eigenvalue weighted by molar-refractivity contribution is 0.720. The molecule has 2 rings (SSSR count). The van der Waals surface area contributed by atoms with Gasteiger partial charge in [-0.05, 0) is 30.5 Å². The predicted octanol–water partition coefficient (Wildman–Crippen LogP) is 2.90. The maximum Gasteiger partial charge on any atom is 0.0571 e. The van der Waals surface area contributed by atoms with Gasteiger partial charge in [-0.15, -0.1) is 0 Å². The van der Waals surface area contributed by atoms with Crippen LogP contribution in [0.3, 0.4) is 0 Å². The summed E-state index contributed by atoms with van der Waals surface area (Å²) in [5.74, 6) is 0. The molecule has 0 aliphatic carbocycles. The van der Waals surface area contributed by atoms with Crippen LogP contribution < -0.4 is 5.32 Å². The number of para-hydroxylation sites is 1. The Balaban J connectivity index is 2.16. The second kappa shape index (κ2) is 5.04. The molecule has 0 atom stereocenters. The van der Waals surface area contributed by atoms with Crippen LogP contribution >= 0.6 is 0 Å².